The van der Waals surface area contributed by atoms with E-state index in [2.05, 4.69) is 31.6 Å². The molecule has 18 nitrogen and oxygen atoms in total. The van der Waals surface area contributed by atoms with E-state index in [0.717, 1.165) is 10.5 Å². The third-order valence-electron chi connectivity index (χ3n) is 11.9. The molecule has 3 aliphatic heterocycles. The molecule has 5 N–H and O–H groups in total. The van der Waals surface area contributed by atoms with Crippen LogP contribution in [0, 0.1) is 0 Å². The summed E-state index contributed by atoms with van der Waals surface area (Å²) in [6.45, 7) is 11.6. The molecule has 4 aromatic rings. The maximum atomic E-state index is 13.4. The van der Waals surface area contributed by atoms with E-state index in [1.54, 1.807) is 42.6 Å². The second-order valence-corrected chi connectivity index (χ2v) is 18.1. The lowest BCUT2D eigenvalue weighted by Gasteiger charge is -2.36. The van der Waals surface area contributed by atoms with Gasteiger partial charge in [0.25, 0.3) is 17.7 Å². The highest BCUT2D eigenvalue weighted by Crippen LogP contribution is 2.36. The quantitative estimate of drug-likeness (QED) is 0.0490. The van der Waals surface area contributed by atoms with Crippen LogP contribution in [0.5, 0.6) is 5.75 Å². The molecule has 1 unspecified atom stereocenters. The minimum atomic E-state index is -1.04. The van der Waals surface area contributed by atoms with Crippen molar-refractivity contribution in [1.29, 1.82) is 0 Å². The molecule has 354 valence electrons. The lowest BCUT2D eigenvalue weighted by molar-refractivity contribution is -0.136. The number of fused-ring (bicyclic) bond motifs is 2. The molecule has 19 heteroatoms. The van der Waals surface area contributed by atoms with Gasteiger partial charge < -0.3 is 40.4 Å². The molecule has 2 atom stereocenters. The van der Waals surface area contributed by atoms with Crippen molar-refractivity contribution in [2.75, 3.05) is 54.3 Å². The van der Waals surface area contributed by atoms with E-state index in [0.29, 0.717) is 91.3 Å². The largest absolute Gasteiger partial charge is 0.495 e. The minimum Gasteiger partial charge on any atom is -0.495 e. The third-order valence-corrected chi connectivity index (χ3v) is 12.2. The number of halogens is 1. The van der Waals surface area contributed by atoms with Crippen LogP contribution in [0.2, 0.25) is 5.02 Å². The van der Waals surface area contributed by atoms with Crippen molar-refractivity contribution in [3.63, 3.8) is 0 Å². The van der Waals surface area contributed by atoms with Gasteiger partial charge in [-0.2, -0.15) is 4.98 Å². The van der Waals surface area contributed by atoms with Gasteiger partial charge in [-0.25, -0.2) is 4.98 Å². The molecule has 1 saturated heterocycles. The molecule has 1 aromatic heterocycles. The second kappa shape index (κ2) is 20.5. The van der Waals surface area contributed by atoms with Crippen LogP contribution in [0.25, 0.3) is 0 Å². The summed E-state index contributed by atoms with van der Waals surface area (Å²) in [7, 11) is 1.51. The summed E-state index contributed by atoms with van der Waals surface area (Å²) in [6, 6.07) is 15.9. The van der Waals surface area contributed by atoms with Crippen LogP contribution in [-0.2, 0) is 30.4 Å². The van der Waals surface area contributed by atoms with Gasteiger partial charge in [0.05, 0.1) is 54.5 Å². The summed E-state index contributed by atoms with van der Waals surface area (Å²) in [5, 5.41) is 15.1. The monoisotopic (exact) mass is 937 g/mol. The molecule has 1 fully saturated rings. The highest BCUT2D eigenvalue weighted by atomic mass is 35.5. The Morgan fingerprint density at radius 3 is 2.36 bits per heavy atom. The Morgan fingerprint density at radius 1 is 0.881 bits per heavy atom. The molecule has 4 heterocycles. The molecular formula is C48H56ClN9O9. The maximum Gasteiger partial charge on any atom is 0.264 e. The van der Waals surface area contributed by atoms with Gasteiger partial charge in [0.2, 0.25) is 23.7 Å². The van der Waals surface area contributed by atoms with Gasteiger partial charge in [-0.1, -0.05) is 36.7 Å². The first kappa shape index (κ1) is 48.3. The number of carbonyl (C=O) groups is 6. The highest BCUT2D eigenvalue weighted by Gasteiger charge is 2.45. The Labute approximate surface area is 393 Å². The molecule has 3 aliphatic rings. The Balaban J connectivity index is 0.857. The Kier molecular flexibility index (Phi) is 14.8. The summed E-state index contributed by atoms with van der Waals surface area (Å²) in [6.07, 6.45) is 3.37. The van der Waals surface area contributed by atoms with Crippen molar-refractivity contribution in [2.24, 2.45) is 0 Å². The van der Waals surface area contributed by atoms with Crippen LogP contribution in [0.15, 0.2) is 66.9 Å². The Hall–Kier alpha value is -6.63. The molecule has 67 heavy (non-hydrogen) atoms. The average Bonchev–Trinajstić information content (AvgIpc) is 3.54. The van der Waals surface area contributed by atoms with Crippen molar-refractivity contribution in [2.45, 2.75) is 96.6 Å². The van der Waals surface area contributed by atoms with Crippen LogP contribution >= 0.6 is 11.6 Å². The highest BCUT2D eigenvalue weighted by molar-refractivity contribution is 6.30. The number of ether oxygens (including phenoxy) is 3. The molecule has 0 spiro atoms. The number of nitrogens with zero attached hydrogens (tertiary/aromatic N) is 4. The lowest BCUT2D eigenvalue weighted by atomic mass is 10.0. The van der Waals surface area contributed by atoms with Gasteiger partial charge in [0.1, 0.15) is 23.5 Å². The van der Waals surface area contributed by atoms with Crippen LogP contribution in [0.4, 0.5) is 28.8 Å². The number of rotatable bonds is 20. The number of nitrogens with one attached hydrogen (secondary N) is 5. The first-order valence-corrected chi connectivity index (χ1v) is 22.6. The van der Waals surface area contributed by atoms with Gasteiger partial charge in [0.15, 0.2) is 5.82 Å². The number of benzene rings is 3. The predicted molar refractivity (Wildman–Crippen MR) is 252 cm³/mol. The number of hydrogen-bond donors (Lipinski definition) is 5. The molecule has 0 radical (unpaired) electrons. The average molecular weight is 938 g/mol. The first-order valence-electron chi connectivity index (χ1n) is 22.3. The zero-order valence-electron chi connectivity index (χ0n) is 38.4. The van der Waals surface area contributed by atoms with Crippen molar-refractivity contribution >= 4 is 75.9 Å². The minimum absolute atomic E-state index is 0.0450. The Bertz CT molecular complexity index is 2550. The van der Waals surface area contributed by atoms with Crippen molar-refractivity contribution in [1.82, 2.24) is 25.5 Å². The molecule has 0 saturated carbocycles. The van der Waals surface area contributed by atoms with Crippen LogP contribution < -0.4 is 36.2 Å². The molecule has 3 aromatic carbocycles. The van der Waals surface area contributed by atoms with Crippen molar-refractivity contribution < 1.29 is 43.0 Å². The zero-order valence-corrected chi connectivity index (χ0v) is 39.2. The zero-order chi connectivity index (χ0) is 48.0. The smallest absolute Gasteiger partial charge is 0.264 e. The van der Waals surface area contributed by atoms with E-state index in [4.69, 9.17) is 30.8 Å². The SMILES string of the molecule is CC[C@H]1C(=O)Nc2cnc(Nc3ccc(C(=O)NCCC(C)(C)OCCC(C)(C)OCCNc4cccc5c4C(=O)N(C4CCC(=O)NC4=O)C5=O)cc3OC)nc2N1Cc1ccc(Cl)cc1. The number of methoxy groups -OCH3 is 1. The fourth-order valence-corrected chi connectivity index (χ4v) is 8.28. The van der Waals surface area contributed by atoms with E-state index in [1.165, 1.54) is 7.11 Å². The summed E-state index contributed by atoms with van der Waals surface area (Å²) >= 11 is 6.12. The van der Waals surface area contributed by atoms with Crippen LogP contribution in [0.3, 0.4) is 0 Å². The Morgan fingerprint density at radius 2 is 1.63 bits per heavy atom. The summed E-state index contributed by atoms with van der Waals surface area (Å²) in [5.41, 5.74) is 2.14. The van der Waals surface area contributed by atoms with Gasteiger partial charge >= 0.3 is 0 Å². The fourth-order valence-electron chi connectivity index (χ4n) is 8.15. The van der Waals surface area contributed by atoms with E-state index in [-0.39, 0.29) is 41.7 Å². The maximum absolute atomic E-state index is 13.4. The topological polar surface area (TPSA) is 223 Å². The van der Waals surface area contributed by atoms with Crippen LogP contribution in [0.1, 0.15) is 103 Å². The number of imide groups is 2. The van der Waals surface area contributed by atoms with Gasteiger partial charge in [-0.15, -0.1) is 0 Å². The normalized spacial score (nSPS) is 17.1. The van der Waals surface area contributed by atoms with Crippen LogP contribution in [-0.4, -0.2) is 107 Å². The standard InChI is InChI=1S/C48H56ClN9O9/c1-7-35-42(61)53-34-26-52-46(56-40(34)57(35)27-28-11-14-30(49)15-12-28)54-32-16-13-29(25-37(32)65-6)41(60)51-21-19-47(2,3)66-23-20-48(4,5)67-24-22-50-33-10-8-9-31-39(33)45(64)58(44(31)63)36-17-18-38(59)55-43(36)62/h8-16,25-26,35-36,50H,7,17-24,27H2,1-6H3,(H,51,60)(H,53,61)(H,52,54,56)(H,55,59,62)/t35-,36?/m0/s1. The van der Waals surface area contributed by atoms with Gasteiger partial charge in [-0.3, -0.25) is 39.0 Å². The predicted octanol–water partition coefficient (Wildman–Crippen LogP) is 6.23. The number of carbonyl (C=O) groups excluding carboxylic acids is 6. The fraction of sp³-hybridized carbons (Fsp3) is 0.417. The number of aromatic nitrogens is 2. The van der Waals surface area contributed by atoms with E-state index in [1.807, 2.05) is 63.8 Å². The summed E-state index contributed by atoms with van der Waals surface area (Å²) in [5.74, 6) is -1.39. The molecule has 6 amide bonds. The molecule has 0 aliphatic carbocycles. The molecular weight excluding hydrogens is 882 g/mol. The second-order valence-electron chi connectivity index (χ2n) is 17.7. The van der Waals surface area contributed by atoms with E-state index >= 15 is 0 Å². The third kappa shape index (κ3) is 11.3. The number of anilines is 5. The van der Waals surface area contributed by atoms with Crippen molar-refractivity contribution in [3.8, 4) is 5.75 Å². The van der Waals surface area contributed by atoms with E-state index < -0.39 is 46.9 Å². The summed E-state index contributed by atoms with van der Waals surface area (Å²) < 4.78 is 18.1. The van der Waals surface area contributed by atoms with E-state index in [9.17, 15) is 28.8 Å². The lowest BCUT2D eigenvalue weighted by Crippen LogP contribution is -2.54. The van der Waals surface area contributed by atoms with Crippen molar-refractivity contribution in [3.05, 3.63) is 94.1 Å². The number of amides is 6. The number of piperidine rings is 1. The molecule has 0 bridgehead atoms. The summed E-state index contributed by atoms with van der Waals surface area (Å²) in [4.78, 5) is 89.1. The number of hydrogen-bond acceptors (Lipinski definition) is 14. The van der Waals surface area contributed by atoms with Gasteiger partial charge in [-0.05, 0) is 101 Å². The van der Waals surface area contributed by atoms with Gasteiger partial charge in [0, 0.05) is 42.3 Å². The molecule has 7 rings (SSSR count). The first-order chi connectivity index (χ1) is 32.0.